The average Bonchev–Trinajstić information content (AvgIpc) is 3.22. The maximum Gasteiger partial charge on any atom is 0.291 e. The van der Waals surface area contributed by atoms with Gasteiger partial charge in [0.15, 0.2) is 10.4 Å². The van der Waals surface area contributed by atoms with Crippen molar-refractivity contribution >= 4 is 39.1 Å². The first-order valence-electron chi connectivity index (χ1n) is 9.82. The van der Waals surface area contributed by atoms with Gasteiger partial charge in [0, 0.05) is 37.6 Å². The van der Waals surface area contributed by atoms with Crippen LogP contribution in [0.25, 0.3) is 0 Å². The summed E-state index contributed by atoms with van der Waals surface area (Å²) in [6.45, 7) is 3.12. The van der Waals surface area contributed by atoms with E-state index in [9.17, 15) is 9.59 Å². The number of halogens is 1. The van der Waals surface area contributed by atoms with Crippen molar-refractivity contribution in [3.63, 3.8) is 0 Å². The zero-order chi connectivity index (χ0) is 20.9. The lowest BCUT2D eigenvalue weighted by molar-refractivity contribution is -0.130. The quantitative estimate of drug-likeness (QED) is 0.610. The molecule has 4 rings (SSSR count). The number of hydrogen-bond acceptors (Lipinski definition) is 4. The summed E-state index contributed by atoms with van der Waals surface area (Å²) >= 11 is 3.18. The average molecular weight is 468 g/mol. The predicted octanol–water partition coefficient (Wildman–Crippen LogP) is 4.19. The lowest BCUT2D eigenvalue weighted by atomic mass is 10.1. The number of para-hydroxylation sites is 1. The molecule has 30 heavy (non-hydrogen) atoms. The number of piperazine rings is 1. The van der Waals surface area contributed by atoms with Gasteiger partial charge in [-0.15, -0.1) is 0 Å². The molecular weight excluding hydrogens is 446 g/mol. The summed E-state index contributed by atoms with van der Waals surface area (Å²) in [7, 11) is 0. The Morgan fingerprint density at radius 1 is 0.900 bits per heavy atom. The van der Waals surface area contributed by atoms with E-state index in [1.807, 2.05) is 35.2 Å². The first kappa shape index (κ1) is 20.2. The summed E-state index contributed by atoms with van der Waals surface area (Å²) in [6.07, 6.45) is 0.352. The third kappa shape index (κ3) is 4.91. The second-order valence-corrected chi connectivity index (χ2v) is 7.92. The minimum absolute atomic E-state index is 0.125. The summed E-state index contributed by atoms with van der Waals surface area (Å²) < 4.78 is 5.75. The number of hydrogen-bond donors (Lipinski definition) is 1. The van der Waals surface area contributed by atoms with E-state index >= 15 is 0 Å². The highest BCUT2D eigenvalue weighted by Crippen LogP contribution is 2.18. The summed E-state index contributed by atoms with van der Waals surface area (Å²) in [5, 5.41) is 2.78. The van der Waals surface area contributed by atoms with Crippen LogP contribution in [0.3, 0.4) is 0 Å². The van der Waals surface area contributed by atoms with E-state index in [0.29, 0.717) is 16.8 Å². The number of carbonyl (C=O) groups excluding carboxylic acids is 2. The van der Waals surface area contributed by atoms with Crippen molar-refractivity contribution in [1.29, 1.82) is 0 Å². The van der Waals surface area contributed by atoms with Crippen LogP contribution >= 0.6 is 15.9 Å². The van der Waals surface area contributed by atoms with E-state index in [1.54, 1.807) is 24.3 Å². The van der Waals surface area contributed by atoms with Gasteiger partial charge in [-0.3, -0.25) is 9.59 Å². The molecule has 6 nitrogen and oxygen atoms in total. The maximum atomic E-state index is 12.7. The van der Waals surface area contributed by atoms with E-state index in [-0.39, 0.29) is 17.6 Å². The highest BCUT2D eigenvalue weighted by Gasteiger charge is 2.21. The maximum absolute atomic E-state index is 12.7. The van der Waals surface area contributed by atoms with Crippen LogP contribution in [0.15, 0.2) is 75.8 Å². The SMILES string of the molecule is O=C(Nc1ccc(CC(=O)N2CCN(c3ccccc3)CC2)cc1)c1ccc(Br)o1. The molecule has 0 radical (unpaired) electrons. The number of rotatable bonds is 5. The Morgan fingerprint density at radius 2 is 1.60 bits per heavy atom. The molecule has 0 unspecified atom stereocenters. The number of nitrogens with zero attached hydrogens (tertiary/aromatic N) is 2. The molecule has 2 heterocycles. The molecule has 1 aliphatic heterocycles. The van der Waals surface area contributed by atoms with E-state index in [4.69, 9.17) is 4.42 Å². The predicted molar refractivity (Wildman–Crippen MR) is 120 cm³/mol. The number of carbonyl (C=O) groups is 2. The topological polar surface area (TPSA) is 65.8 Å². The van der Waals surface area contributed by atoms with Crippen LogP contribution in [0, 0.1) is 0 Å². The third-order valence-corrected chi connectivity index (χ3v) is 5.54. The first-order chi connectivity index (χ1) is 14.6. The number of anilines is 2. The largest absolute Gasteiger partial charge is 0.444 e. The molecule has 154 valence electrons. The molecule has 1 aliphatic rings. The lowest BCUT2D eigenvalue weighted by Gasteiger charge is -2.36. The lowest BCUT2D eigenvalue weighted by Crippen LogP contribution is -2.49. The van der Waals surface area contributed by atoms with Gasteiger partial charge < -0.3 is 19.5 Å². The number of furan rings is 1. The monoisotopic (exact) mass is 467 g/mol. The molecular formula is C23H22BrN3O3. The fourth-order valence-electron chi connectivity index (χ4n) is 3.47. The van der Waals surface area contributed by atoms with E-state index in [2.05, 4.69) is 38.3 Å². The van der Waals surface area contributed by atoms with E-state index in [1.165, 1.54) is 5.69 Å². The van der Waals surface area contributed by atoms with Gasteiger partial charge in [-0.25, -0.2) is 0 Å². The number of amides is 2. The molecule has 3 aromatic rings. The van der Waals surface area contributed by atoms with Crippen molar-refractivity contribution in [2.24, 2.45) is 0 Å². The van der Waals surface area contributed by atoms with E-state index in [0.717, 1.165) is 31.7 Å². The van der Waals surface area contributed by atoms with Gasteiger partial charge in [0.25, 0.3) is 5.91 Å². The molecule has 1 N–H and O–H groups in total. The number of nitrogens with one attached hydrogen (secondary N) is 1. The Morgan fingerprint density at radius 3 is 2.23 bits per heavy atom. The van der Waals surface area contributed by atoms with Gasteiger partial charge in [0.05, 0.1) is 6.42 Å². The van der Waals surface area contributed by atoms with Crippen molar-refractivity contribution in [3.05, 3.63) is 82.7 Å². The number of benzene rings is 2. The highest BCUT2D eigenvalue weighted by molar-refractivity contribution is 9.10. The summed E-state index contributed by atoms with van der Waals surface area (Å²) in [4.78, 5) is 29.0. The van der Waals surface area contributed by atoms with Crippen molar-refractivity contribution in [2.45, 2.75) is 6.42 Å². The Bertz CT molecular complexity index is 1010. The molecule has 7 heteroatoms. The summed E-state index contributed by atoms with van der Waals surface area (Å²) in [5.74, 6) is 0.0384. The van der Waals surface area contributed by atoms with Gasteiger partial charge in [-0.2, -0.15) is 0 Å². The van der Waals surface area contributed by atoms with Crippen molar-refractivity contribution in [3.8, 4) is 0 Å². The Balaban J connectivity index is 1.28. The molecule has 0 aliphatic carbocycles. The Hall–Kier alpha value is -3.06. The fourth-order valence-corrected chi connectivity index (χ4v) is 3.78. The van der Waals surface area contributed by atoms with Gasteiger partial charge in [0.2, 0.25) is 5.91 Å². The molecule has 1 aromatic heterocycles. The standard InChI is InChI=1S/C23H22BrN3O3/c24-21-11-10-20(30-21)23(29)25-18-8-6-17(7-9-18)16-22(28)27-14-12-26(13-15-27)19-4-2-1-3-5-19/h1-11H,12-16H2,(H,25,29). The molecule has 1 saturated heterocycles. The van der Waals surface area contributed by atoms with Crippen LogP contribution in [-0.4, -0.2) is 42.9 Å². The Kier molecular flexibility index (Phi) is 6.18. The molecule has 0 saturated carbocycles. The highest BCUT2D eigenvalue weighted by atomic mass is 79.9. The zero-order valence-electron chi connectivity index (χ0n) is 16.4. The molecule has 2 aromatic carbocycles. The molecule has 2 amide bonds. The second kappa shape index (κ2) is 9.17. The van der Waals surface area contributed by atoms with Crippen molar-refractivity contribution in [2.75, 3.05) is 36.4 Å². The fraction of sp³-hybridized carbons (Fsp3) is 0.217. The van der Waals surface area contributed by atoms with Gasteiger partial charge >= 0.3 is 0 Å². The van der Waals surface area contributed by atoms with Gasteiger partial charge in [-0.1, -0.05) is 30.3 Å². The summed E-state index contributed by atoms with van der Waals surface area (Å²) in [5.41, 5.74) is 2.77. The Labute approximate surface area is 183 Å². The van der Waals surface area contributed by atoms with Crippen LogP contribution in [0.1, 0.15) is 16.1 Å². The normalized spacial score (nSPS) is 13.9. The van der Waals surface area contributed by atoms with Crippen LogP contribution in [-0.2, 0) is 11.2 Å². The third-order valence-electron chi connectivity index (χ3n) is 5.12. The van der Waals surface area contributed by atoms with Gasteiger partial charge in [-0.05, 0) is 57.9 Å². The smallest absolute Gasteiger partial charge is 0.291 e. The van der Waals surface area contributed by atoms with Crippen LogP contribution in [0.4, 0.5) is 11.4 Å². The molecule has 0 atom stereocenters. The zero-order valence-corrected chi connectivity index (χ0v) is 18.0. The van der Waals surface area contributed by atoms with Gasteiger partial charge in [0.1, 0.15) is 0 Å². The first-order valence-corrected chi connectivity index (χ1v) is 10.6. The van der Waals surface area contributed by atoms with Crippen molar-refractivity contribution < 1.29 is 14.0 Å². The molecule has 0 spiro atoms. The van der Waals surface area contributed by atoms with Crippen molar-refractivity contribution in [1.82, 2.24) is 4.90 Å². The minimum atomic E-state index is -0.319. The van der Waals surface area contributed by atoms with Crippen LogP contribution in [0.2, 0.25) is 0 Å². The van der Waals surface area contributed by atoms with E-state index < -0.39 is 0 Å². The van der Waals surface area contributed by atoms with Crippen LogP contribution < -0.4 is 10.2 Å². The minimum Gasteiger partial charge on any atom is -0.444 e. The molecule has 0 bridgehead atoms. The second-order valence-electron chi connectivity index (χ2n) is 7.13. The summed E-state index contributed by atoms with van der Waals surface area (Å²) in [6, 6.07) is 20.9. The van der Waals surface area contributed by atoms with Crippen LogP contribution in [0.5, 0.6) is 0 Å². The molecule has 1 fully saturated rings.